The second-order valence-corrected chi connectivity index (χ2v) is 5.73. The van der Waals surface area contributed by atoms with Crippen molar-refractivity contribution in [1.82, 2.24) is 25.1 Å². The highest BCUT2D eigenvalue weighted by Gasteiger charge is 2.33. The molecular weight excluding hydrogens is 297 g/mol. The molecule has 1 fully saturated rings. The Labute approximate surface area is 125 Å². The summed E-state index contributed by atoms with van der Waals surface area (Å²) < 4.78 is 37.8. The fourth-order valence-electron chi connectivity index (χ4n) is 2.91. The van der Waals surface area contributed by atoms with Crippen LogP contribution in [0.25, 0.3) is 11.0 Å². The highest BCUT2D eigenvalue weighted by Crippen LogP contribution is 2.24. The summed E-state index contributed by atoms with van der Waals surface area (Å²) in [6.07, 6.45) is -1.08. The van der Waals surface area contributed by atoms with Gasteiger partial charge in [-0.1, -0.05) is 6.92 Å². The van der Waals surface area contributed by atoms with Gasteiger partial charge in [0, 0.05) is 26.2 Å². The van der Waals surface area contributed by atoms with Crippen molar-refractivity contribution in [2.45, 2.75) is 13.1 Å². The van der Waals surface area contributed by atoms with Gasteiger partial charge in [-0.2, -0.15) is 18.3 Å². The van der Waals surface area contributed by atoms with Crippen LogP contribution in [-0.4, -0.2) is 64.0 Å². The van der Waals surface area contributed by atoms with Crippen LogP contribution in [0.2, 0.25) is 0 Å². The normalized spacial score (nSPS) is 21.3. The average Bonchev–Trinajstić information content (AvgIpc) is 2.82. The minimum atomic E-state index is -4.17. The topological polar surface area (TPSA) is 60.9 Å². The molecule has 9 heteroatoms. The quantitative estimate of drug-likeness (QED) is 0.914. The van der Waals surface area contributed by atoms with E-state index in [4.69, 9.17) is 0 Å². The van der Waals surface area contributed by atoms with Crippen LogP contribution in [0, 0.1) is 5.92 Å². The summed E-state index contributed by atoms with van der Waals surface area (Å²) in [4.78, 5) is 11.9. The molecule has 1 N–H and O–H groups in total. The van der Waals surface area contributed by atoms with Crippen LogP contribution >= 0.6 is 0 Å². The predicted molar refractivity (Wildman–Crippen MR) is 75.6 cm³/mol. The van der Waals surface area contributed by atoms with E-state index in [9.17, 15) is 13.2 Å². The van der Waals surface area contributed by atoms with Gasteiger partial charge in [-0.3, -0.25) is 10.00 Å². The van der Waals surface area contributed by atoms with Gasteiger partial charge in [-0.25, -0.2) is 9.97 Å². The summed E-state index contributed by atoms with van der Waals surface area (Å²) in [5.74, 6) is 0.834. The van der Waals surface area contributed by atoms with E-state index >= 15 is 0 Å². The number of hydrogen-bond donors (Lipinski definition) is 1. The number of nitrogens with zero attached hydrogens (tertiary/aromatic N) is 5. The van der Waals surface area contributed by atoms with Gasteiger partial charge in [0.25, 0.3) is 0 Å². The van der Waals surface area contributed by atoms with Crippen LogP contribution in [0.4, 0.5) is 19.0 Å². The Balaban J connectivity index is 1.80. The van der Waals surface area contributed by atoms with Gasteiger partial charge in [0.2, 0.25) is 0 Å². The lowest BCUT2D eigenvalue weighted by molar-refractivity contribution is -0.146. The molecule has 1 aliphatic heterocycles. The molecule has 6 nitrogen and oxygen atoms in total. The van der Waals surface area contributed by atoms with E-state index in [0.29, 0.717) is 31.8 Å². The molecule has 22 heavy (non-hydrogen) atoms. The molecule has 1 atom stereocenters. The molecule has 1 unspecified atom stereocenters. The Bertz CT molecular complexity index is 640. The molecule has 2 aromatic heterocycles. The van der Waals surface area contributed by atoms with Crippen LogP contribution in [0.5, 0.6) is 0 Å². The fourth-order valence-corrected chi connectivity index (χ4v) is 2.91. The lowest BCUT2D eigenvalue weighted by Gasteiger charge is -2.23. The van der Waals surface area contributed by atoms with Crippen molar-refractivity contribution >= 4 is 16.9 Å². The first kappa shape index (κ1) is 15.0. The molecule has 1 aliphatic rings. The van der Waals surface area contributed by atoms with E-state index in [-0.39, 0.29) is 5.92 Å². The lowest BCUT2D eigenvalue weighted by atomic mass is 10.1. The summed E-state index contributed by atoms with van der Waals surface area (Å²) >= 11 is 0. The third-order valence-corrected chi connectivity index (χ3v) is 3.72. The summed E-state index contributed by atoms with van der Waals surface area (Å²) in [5, 5.41) is 7.52. The molecule has 1 saturated heterocycles. The van der Waals surface area contributed by atoms with Gasteiger partial charge >= 0.3 is 6.18 Å². The molecule has 120 valence electrons. The Morgan fingerprint density at radius 1 is 1.27 bits per heavy atom. The van der Waals surface area contributed by atoms with Crippen molar-refractivity contribution in [3.63, 3.8) is 0 Å². The predicted octanol–water partition coefficient (Wildman–Crippen LogP) is 1.67. The van der Waals surface area contributed by atoms with Gasteiger partial charge in [0.15, 0.2) is 5.65 Å². The molecule has 0 amide bonds. The maximum Gasteiger partial charge on any atom is 0.401 e. The van der Waals surface area contributed by atoms with Crippen LogP contribution in [0.15, 0.2) is 12.5 Å². The number of hydrogen-bond acceptors (Lipinski definition) is 5. The third-order valence-electron chi connectivity index (χ3n) is 3.72. The zero-order valence-corrected chi connectivity index (χ0v) is 12.1. The minimum absolute atomic E-state index is 0.113. The highest BCUT2D eigenvalue weighted by molar-refractivity contribution is 5.86. The van der Waals surface area contributed by atoms with Crippen molar-refractivity contribution in [2.24, 2.45) is 5.92 Å². The monoisotopic (exact) mass is 314 g/mol. The number of aromatic nitrogens is 4. The number of fused-ring (bicyclic) bond motifs is 1. The van der Waals surface area contributed by atoms with E-state index in [0.717, 1.165) is 11.2 Å². The zero-order valence-electron chi connectivity index (χ0n) is 12.1. The first-order valence-corrected chi connectivity index (χ1v) is 7.10. The summed E-state index contributed by atoms with van der Waals surface area (Å²) in [6, 6.07) is 0. The summed E-state index contributed by atoms with van der Waals surface area (Å²) in [6.45, 7) is 3.03. The molecular formula is C13H17F3N6. The number of alkyl halides is 3. The van der Waals surface area contributed by atoms with Gasteiger partial charge in [-0.15, -0.1) is 0 Å². The molecule has 0 aliphatic carbocycles. The van der Waals surface area contributed by atoms with Crippen molar-refractivity contribution in [3.8, 4) is 0 Å². The maximum atomic E-state index is 12.6. The number of nitrogens with one attached hydrogen (secondary N) is 1. The molecule has 0 bridgehead atoms. The van der Waals surface area contributed by atoms with Crippen LogP contribution < -0.4 is 4.90 Å². The Kier molecular flexibility index (Phi) is 3.90. The number of halogens is 3. The number of H-pyrrole nitrogens is 1. The maximum absolute atomic E-state index is 12.6. The van der Waals surface area contributed by atoms with Crippen LogP contribution in [0.3, 0.4) is 0 Å². The molecule has 3 heterocycles. The first-order valence-electron chi connectivity index (χ1n) is 7.10. The van der Waals surface area contributed by atoms with Crippen molar-refractivity contribution in [3.05, 3.63) is 12.5 Å². The van der Waals surface area contributed by atoms with E-state index in [1.807, 2.05) is 11.8 Å². The smallest absolute Gasteiger partial charge is 0.354 e. The highest BCUT2D eigenvalue weighted by atomic mass is 19.4. The molecule has 0 radical (unpaired) electrons. The summed E-state index contributed by atoms with van der Waals surface area (Å²) in [5.41, 5.74) is 0.633. The molecule has 0 saturated carbocycles. The molecule has 0 aromatic carbocycles. The second-order valence-electron chi connectivity index (χ2n) is 5.73. The van der Waals surface area contributed by atoms with Gasteiger partial charge in [0.05, 0.1) is 18.1 Å². The van der Waals surface area contributed by atoms with E-state index in [2.05, 4.69) is 20.2 Å². The van der Waals surface area contributed by atoms with Crippen LogP contribution in [0.1, 0.15) is 6.92 Å². The van der Waals surface area contributed by atoms with Gasteiger partial charge < -0.3 is 4.90 Å². The standard InChI is InChI=1S/C13H17F3N6/c1-9-5-21(7-13(14,15)16)2-3-22(6-9)12-10-4-19-20-11(10)17-8-18-12/h4,8-9H,2-3,5-7H2,1H3,(H,17,18,19,20). The SMILES string of the molecule is CC1CN(CC(F)(F)F)CCN(c2ncnc3[nH]ncc23)C1. The van der Waals surface area contributed by atoms with Crippen molar-refractivity contribution < 1.29 is 13.2 Å². The largest absolute Gasteiger partial charge is 0.401 e. The second kappa shape index (κ2) is 5.71. The van der Waals surface area contributed by atoms with E-state index < -0.39 is 12.7 Å². The molecule has 2 aromatic rings. The van der Waals surface area contributed by atoms with E-state index in [1.165, 1.54) is 11.2 Å². The number of anilines is 1. The van der Waals surface area contributed by atoms with Crippen LogP contribution in [-0.2, 0) is 0 Å². The third kappa shape index (κ3) is 3.29. The Morgan fingerprint density at radius 2 is 2.09 bits per heavy atom. The Morgan fingerprint density at radius 3 is 2.86 bits per heavy atom. The van der Waals surface area contributed by atoms with Gasteiger partial charge in [-0.05, 0) is 5.92 Å². The average molecular weight is 314 g/mol. The number of rotatable bonds is 2. The van der Waals surface area contributed by atoms with Gasteiger partial charge in [0.1, 0.15) is 12.1 Å². The Hall–Kier alpha value is -1.90. The minimum Gasteiger partial charge on any atom is -0.354 e. The lowest BCUT2D eigenvalue weighted by Crippen LogP contribution is -2.38. The van der Waals surface area contributed by atoms with Crippen molar-refractivity contribution in [1.29, 1.82) is 0 Å². The van der Waals surface area contributed by atoms with E-state index in [1.54, 1.807) is 6.20 Å². The molecule has 3 rings (SSSR count). The molecule has 0 spiro atoms. The fraction of sp³-hybridized carbons (Fsp3) is 0.615. The van der Waals surface area contributed by atoms with Crippen molar-refractivity contribution in [2.75, 3.05) is 37.6 Å². The zero-order chi connectivity index (χ0) is 15.7. The first-order chi connectivity index (χ1) is 10.4. The summed E-state index contributed by atoms with van der Waals surface area (Å²) in [7, 11) is 0. The number of aromatic amines is 1.